The number of nitrogens with zero attached hydrogens (tertiary/aromatic N) is 1. The smallest absolute Gasteiger partial charge is 0.228 e. The van der Waals surface area contributed by atoms with Gasteiger partial charge in [0, 0.05) is 26.2 Å². The van der Waals surface area contributed by atoms with E-state index in [-0.39, 0.29) is 18.3 Å². The van der Waals surface area contributed by atoms with Crippen molar-refractivity contribution in [3.63, 3.8) is 0 Å². The molecule has 104 valence electrons. The molecule has 0 spiro atoms. The number of likely N-dealkylation sites (N-methyl/N-ethyl adjacent to an activating group) is 1. The summed E-state index contributed by atoms with van der Waals surface area (Å²) in [6, 6.07) is 8.99. The fourth-order valence-corrected chi connectivity index (χ4v) is 2.94. The van der Waals surface area contributed by atoms with E-state index >= 15 is 0 Å². The number of nitrogens with one attached hydrogen (secondary N) is 1. The number of carbonyl (C=O) groups excluding carboxylic acids is 1. The summed E-state index contributed by atoms with van der Waals surface area (Å²) in [5.74, 6) is 0.533. The summed E-state index contributed by atoms with van der Waals surface area (Å²) in [6.07, 6.45) is 3.21. The summed E-state index contributed by atoms with van der Waals surface area (Å²) in [6.45, 7) is 1.71. The van der Waals surface area contributed by atoms with Gasteiger partial charge in [-0.2, -0.15) is 0 Å². The summed E-state index contributed by atoms with van der Waals surface area (Å²) in [5.41, 5.74) is 2.88. The Labute approximate surface area is 120 Å². The molecular formula is C15H21ClN2O. The van der Waals surface area contributed by atoms with Gasteiger partial charge in [-0.15, -0.1) is 12.4 Å². The first-order valence-electron chi connectivity index (χ1n) is 6.80. The van der Waals surface area contributed by atoms with Crippen molar-refractivity contribution in [2.45, 2.75) is 25.3 Å². The van der Waals surface area contributed by atoms with Gasteiger partial charge >= 0.3 is 0 Å². The second-order valence-corrected chi connectivity index (χ2v) is 5.47. The molecule has 1 fully saturated rings. The van der Waals surface area contributed by atoms with Crippen LogP contribution in [0.1, 0.15) is 17.5 Å². The number of carbonyl (C=O) groups is 1. The molecule has 1 atom stereocenters. The number of hydrogen-bond acceptors (Lipinski definition) is 2. The van der Waals surface area contributed by atoms with E-state index in [9.17, 15) is 4.79 Å². The number of aryl methyl sites for hydroxylation is 1. The van der Waals surface area contributed by atoms with Gasteiger partial charge in [0.15, 0.2) is 0 Å². The van der Waals surface area contributed by atoms with Crippen molar-refractivity contribution in [2.24, 2.45) is 5.92 Å². The summed E-state index contributed by atoms with van der Waals surface area (Å²) >= 11 is 0. The molecule has 1 saturated heterocycles. The van der Waals surface area contributed by atoms with Crippen molar-refractivity contribution < 1.29 is 4.79 Å². The van der Waals surface area contributed by atoms with E-state index in [1.165, 1.54) is 11.1 Å². The number of hydrogen-bond donors (Lipinski definition) is 1. The summed E-state index contributed by atoms with van der Waals surface area (Å²) < 4.78 is 0. The van der Waals surface area contributed by atoms with E-state index in [0.29, 0.717) is 11.9 Å². The molecule has 2 aliphatic rings. The molecule has 19 heavy (non-hydrogen) atoms. The maximum atomic E-state index is 12.2. The lowest BCUT2D eigenvalue weighted by atomic mass is 9.87. The van der Waals surface area contributed by atoms with E-state index in [4.69, 9.17) is 0 Å². The van der Waals surface area contributed by atoms with Gasteiger partial charge < -0.3 is 10.2 Å². The maximum absolute atomic E-state index is 12.2. The third-order valence-corrected chi connectivity index (χ3v) is 4.35. The third kappa shape index (κ3) is 2.77. The Kier molecular flexibility index (Phi) is 4.48. The van der Waals surface area contributed by atoms with Crippen LogP contribution in [0.4, 0.5) is 0 Å². The van der Waals surface area contributed by atoms with Crippen LogP contribution in [0.15, 0.2) is 24.3 Å². The number of halogens is 1. The van der Waals surface area contributed by atoms with Crippen molar-refractivity contribution in [3.05, 3.63) is 35.4 Å². The summed E-state index contributed by atoms with van der Waals surface area (Å²) in [7, 11) is 1.97. The molecule has 0 radical (unpaired) electrons. The Hall–Kier alpha value is -1.06. The van der Waals surface area contributed by atoms with Gasteiger partial charge in [-0.3, -0.25) is 4.79 Å². The molecule has 1 N–H and O–H groups in total. The summed E-state index contributed by atoms with van der Waals surface area (Å²) in [4.78, 5) is 14.2. The molecule has 3 nitrogen and oxygen atoms in total. The third-order valence-electron chi connectivity index (χ3n) is 4.35. The topological polar surface area (TPSA) is 32.3 Å². The van der Waals surface area contributed by atoms with Gasteiger partial charge in [0.1, 0.15) is 0 Å². The minimum Gasteiger partial charge on any atom is -0.342 e. The summed E-state index contributed by atoms with van der Waals surface area (Å²) in [5, 5.41) is 3.17. The zero-order valence-corrected chi connectivity index (χ0v) is 12.1. The molecule has 1 unspecified atom stereocenters. The monoisotopic (exact) mass is 280 g/mol. The van der Waals surface area contributed by atoms with Gasteiger partial charge in [-0.25, -0.2) is 0 Å². The number of benzene rings is 1. The van der Waals surface area contributed by atoms with Gasteiger partial charge in [-0.1, -0.05) is 24.3 Å². The van der Waals surface area contributed by atoms with Crippen LogP contribution in [0.5, 0.6) is 0 Å². The van der Waals surface area contributed by atoms with E-state index in [1.54, 1.807) is 0 Å². The Bertz CT molecular complexity index is 459. The van der Waals surface area contributed by atoms with Gasteiger partial charge in [0.05, 0.1) is 5.92 Å². The first kappa shape index (κ1) is 14.4. The molecule has 0 saturated carbocycles. The quantitative estimate of drug-likeness (QED) is 0.893. The van der Waals surface area contributed by atoms with Crippen molar-refractivity contribution in [1.82, 2.24) is 10.2 Å². The molecule has 0 aromatic heterocycles. The lowest BCUT2D eigenvalue weighted by molar-refractivity contribution is -0.138. The molecule has 1 aromatic carbocycles. The zero-order chi connectivity index (χ0) is 12.5. The van der Waals surface area contributed by atoms with Crippen LogP contribution in [0.25, 0.3) is 0 Å². The van der Waals surface area contributed by atoms with Gasteiger partial charge in [-0.05, 0) is 30.4 Å². The maximum Gasteiger partial charge on any atom is 0.228 e. The molecule has 0 bridgehead atoms. The van der Waals surface area contributed by atoms with E-state index in [0.717, 1.165) is 32.4 Å². The molecule has 1 heterocycles. The standard InChI is InChI=1S/C15H20N2O.ClH/c1-17(15(18)13-9-16-10-13)14-7-6-11-4-2-3-5-12(11)8-14;/h2-5,13-14,16H,6-10H2,1H3;1H. The van der Waals surface area contributed by atoms with Crippen LogP contribution in [-0.4, -0.2) is 37.0 Å². The van der Waals surface area contributed by atoms with Crippen LogP contribution < -0.4 is 5.32 Å². The highest BCUT2D eigenvalue weighted by atomic mass is 35.5. The second kappa shape index (κ2) is 5.93. The SMILES string of the molecule is CN(C(=O)C1CNC1)C1CCc2ccccc2C1.Cl. The van der Waals surface area contributed by atoms with Crippen molar-refractivity contribution in [1.29, 1.82) is 0 Å². The Balaban J connectivity index is 0.00000133. The lowest BCUT2D eigenvalue weighted by Gasteiger charge is -2.37. The van der Waals surface area contributed by atoms with E-state index in [2.05, 4.69) is 29.6 Å². The normalized spacial score (nSPS) is 21.8. The van der Waals surface area contributed by atoms with E-state index in [1.807, 2.05) is 11.9 Å². The van der Waals surface area contributed by atoms with Crippen LogP contribution in [-0.2, 0) is 17.6 Å². The molecule has 4 heteroatoms. The van der Waals surface area contributed by atoms with Crippen LogP contribution in [0, 0.1) is 5.92 Å². The average molecular weight is 281 g/mol. The minimum absolute atomic E-state index is 0. The molecule has 3 rings (SSSR count). The highest BCUT2D eigenvalue weighted by Crippen LogP contribution is 2.25. The molecule has 1 aliphatic heterocycles. The Morgan fingerprint density at radius 1 is 1.26 bits per heavy atom. The zero-order valence-electron chi connectivity index (χ0n) is 11.3. The highest BCUT2D eigenvalue weighted by Gasteiger charge is 2.32. The predicted molar refractivity (Wildman–Crippen MR) is 78.6 cm³/mol. The number of fused-ring (bicyclic) bond motifs is 1. The fourth-order valence-electron chi connectivity index (χ4n) is 2.94. The average Bonchev–Trinajstić information content (AvgIpc) is 2.35. The second-order valence-electron chi connectivity index (χ2n) is 5.47. The van der Waals surface area contributed by atoms with Crippen LogP contribution in [0.3, 0.4) is 0 Å². The van der Waals surface area contributed by atoms with Crippen molar-refractivity contribution in [3.8, 4) is 0 Å². The lowest BCUT2D eigenvalue weighted by Crippen LogP contribution is -2.53. The molecular weight excluding hydrogens is 260 g/mol. The fraction of sp³-hybridized carbons (Fsp3) is 0.533. The molecule has 1 aromatic rings. The largest absolute Gasteiger partial charge is 0.342 e. The number of rotatable bonds is 2. The van der Waals surface area contributed by atoms with Crippen molar-refractivity contribution >= 4 is 18.3 Å². The Morgan fingerprint density at radius 2 is 1.95 bits per heavy atom. The number of amides is 1. The first-order valence-corrected chi connectivity index (χ1v) is 6.80. The van der Waals surface area contributed by atoms with Gasteiger partial charge in [0.25, 0.3) is 0 Å². The first-order chi connectivity index (χ1) is 8.75. The van der Waals surface area contributed by atoms with Crippen molar-refractivity contribution in [2.75, 3.05) is 20.1 Å². The van der Waals surface area contributed by atoms with Crippen LogP contribution in [0.2, 0.25) is 0 Å². The highest BCUT2D eigenvalue weighted by molar-refractivity contribution is 5.85. The predicted octanol–water partition coefficient (Wildman–Crippen LogP) is 1.64. The van der Waals surface area contributed by atoms with Crippen LogP contribution >= 0.6 is 12.4 Å². The van der Waals surface area contributed by atoms with Gasteiger partial charge in [0.2, 0.25) is 5.91 Å². The molecule has 1 amide bonds. The molecule has 1 aliphatic carbocycles. The van der Waals surface area contributed by atoms with E-state index < -0.39 is 0 Å². The minimum atomic E-state index is 0. The Morgan fingerprint density at radius 3 is 2.58 bits per heavy atom.